The summed E-state index contributed by atoms with van der Waals surface area (Å²) < 4.78 is 43.5. The minimum atomic E-state index is -3.84. The van der Waals surface area contributed by atoms with Crippen molar-refractivity contribution in [1.29, 1.82) is 0 Å². The van der Waals surface area contributed by atoms with Crippen molar-refractivity contribution in [3.05, 3.63) is 76.1 Å². The number of hydrogen-bond donors (Lipinski definition) is 1. The summed E-state index contributed by atoms with van der Waals surface area (Å²) in [6, 6.07) is 8.47. The zero-order valence-corrected chi connectivity index (χ0v) is 19.6. The summed E-state index contributed by atoms with van der Waals surface area (Å²) in [7, 11) is -1.93. The average molecular weight is 489 g/mol. The molecule has 0 unspecified atom stereocenters. The third-order valence-corrected chi connectivity index (χ3v) is 7.74. The highest BCUT2D eigenvalue weighted by atomic mass is 32.2. The highest BCUT2D eigenvalue weighted by Gasteiger charge is 2.29. The summed E-state index contributed by atoms with van der Waals surface area (Å²) in [5.41, 5.74) is 0.712. The van der Waals surface area contributed by atoms with E-state index in [1.54, 1.807) is 36.0 Å². The van der Waals surface area contributed by atoms with Gasteiger partial charge in [-0.05, 0) is 43.8 Å². The van der Waals surface area contributed by atoms with Crippen molar-refractivity contribution in [2.45, 2.75) is 18.4 Å². The van der Waals surface area contributed by atoms with E-state index < -0.39 is 20.8 Å². The van der Waals surface area contributed by atoms with Crippen molar-refractivity contribution in [2.75, 3.05) is 38.5 Å². The van der Waals surface area contributed by atoms with Crippen LogP contribution in [-0.4, -0.2) is 65.3 Å². The Labute approximate surface area is 196 Å². The molecular weight excluding hydrogens is 463 g/mol. The molecule has 0 aliphatic carbocycles. The maximum Gasteiger partial charge on any atom is 0.293 e. The van der Waals surface area contributed by atoms with Crippen molar-refractivity contribution < 1.29 is 17.7 Å². The first-order chi connectivity index (χ1) is 16.2. The van der Waals surface area contributed by atoms with E-state index in [0.29, 0.717) is 43.3 Å². The molecule has 180 valence electrons. The molecule has 0 atom stereocenters. The molecule has 0 bridgehead atoms. The Kier molecular flexibility index (Phi) is 6.64. The first kappa shape index (κ1) is 23.8. The van der Waals surface area contributed by atoms with Crippen LogP contribution in [0.5, 0.6) is 0 Å². The minimum absolute atomic E-state index is 0.117. The standard InChI is InChI=1S/C22H25FN6O4S/c1-16-24-7-8-28(16)21-6-3-17(13-19(21)23)15-25-20-5-4-18(14-22(20)29(30)31)34(32,33)27-11-9-26(2)10-12-27/h3-8,13-14,25H,9-12,15H2,1-2H3. The number of halogens is 1. The average Bonchev–Trinajstić information content (AvgIpc) is 3.23. The van der Waals surface area contributed by atoms with E-state index in [-0.39, 0.29) is 22.8 Å². The van der Waals surface area contributed by atoms with Crippen LogP contribution >= 0.6 is 0 Å². The third kappa shape index (κ3) is 4.79. The molecule has 1 fully saturated rings. The lowest BCUT2D eigenvalue weighted by atomic mass is 10.1. The van der Waals surface area contributed by atoms with Crippen LogP contribution in [0.15, 0.2) is 53.7 Å². The van der Waals surface area contributed by atoms with Crippen LogP contribution in [0, 0.1) is 22.9 Å². The van der Waals surface area contributed by atoms with Crippen LogP contribution < -0.4 is 5.32 Å². The fourth-order valence-corrected chi connectivity index (χ4v) is 5.28. The van der Waals surface area contributed by atoms with Gasteiger partial charge in [0, 0.05) is 51.2 Å². The van der Waals surface area contributed by atoms with Gasteiger partial charge < -0.3 is 14.8 Å². The van der Waals surface area contributed by atoms with Crippen LogP contribution in [0.4, 0.5) is 15.8 Å². The number of benzene rings is 2. The van der Waals surface area contributed by atoms with Crippen LogP contribution in [0.2, 0.25) is 0 Å². The van der Waals surface area contributed by atoms with Gasteiger partial charge in [-0.3, -0.25) is 10.1 Å². The fourth-order valence-electron chi connectivity index (χ4n) is 3.84. The topological polar surface area (TPSA) is 114 Å². The second-order valence-electron chi connectivity index (χ2n) is 8.13. The molecule has 12 heteroatoms. The quantitative estimate of drug-likeness (QED) is 0.402. The number of nitro benzene ring substituents is 1. The summed E-state index contributed by atoms with van der Waals surface area (Å²) >= 11 is 0. The lowest BCUT2D eigenvalue weighted by molar-refractivity contribution is -0.384. The zero-order valence-electron chi connectivity index (χ0n) is 18.8. The highest BCUT2D eigenvalue weighted by Crippen LogP contribution is 2.30. The van der Waals surface area contributed by atoms with E-state index in [1.807, 2.05) is 11.9 Å². The van der Waals surface area contributed by atoms with Gasteiger partial charge in [0.1, 0.15) is 17.3 Å². The smallest absolute Gasteiger partial charge is 0.293 e. The number of rotatable bonds is 7. The molecule has 2 aromatic carbocycles. The lowest BCUT2D eigenvalue weighted by Gasteiger charge is -2.31. The van der Waals surface area contributed by atoms with E-state index in [1.165, 1.54) is 22.5 Å². The van der Waals surface area contributed by atoms with Crippen molar-refractivity contribution in [1.82, 2.24) is 18.8 Å². The predicted molar refractivity (Wildman–Crippen MR) is 125 cm³/mol. The number of nitrogens with one attached hydrogen (secondary N) is 1. The van der Waals surface area contributed by atoms with Gasteiger partial charge in [0.25, 0.3) is 5.69 Å². The van der Waals surface area contributed by atoms with Gasteiger partial charge in [-0.2, -0.15) is 4.31 Å². The molecule has 0 radical (unpaired) electrons. The molecule has 34 heavy (non-hydrogen) atoms. The number of hydrogen-bond acceptors (Lipinski definition) is 7. The van der Waals surface area contributed by atoms with Gasteiger partial charge >= 0.3 is 0 Å². The van der Waals surface area contributed by atoms with E-state index in [2.05, 4.69) is 10.3 Å². The van der Waals surface area contributed by atoms with Gasteiger partial charge in [-0.15, -0.1) is 0 Å². The van der Waals surface area contributed by atoms with Crippen molar-refractivity contribution in [3.8, 4) is 5.69 Å². The molecule has 1 saturated heterocycles. The Balaban J connectivity index is 1.53. The van der Waals surface area contributed by atoms with Crippen LogP contribution in [-0.2, 0) is 16.6 Å². The van der Waals surface area contributed by atoms with Gasteiger partial charge in [0.15, 0.2) is 0 Å². The summed E-state index contributed by atoms with van der Waals surface area (Å²) in [5, 5.41) is 14.6. The number of nitrogens with zero attached hydrogens (tertiary/aromatic N) is 5. The SMILES string of the molecule is Cc1nccn1-c1ccc(CNc2ccc(S(=O)(=O)N3CCN(C)CC3)cc2[N+](=O)[O-])cc1F. The molecule has 1 aromatic heterocycles. The molecule has 10 nitrogen and oxygen atoms in total. The molecule has 0 saturated carbocycles. The van der Waals surface area contributed by atoms with E-state index in [4.69, 9.17) is 0 Å². The lowest BCUT2D eigenvalue weighted by Crippen LogP contribution is -2.47. The van der Waals surface area contributed by atoms with Gasteiger partial charge in [0.05, 0.1) is 15.5 Å². The van der Waals surface area contributed by atoms with Crippen LogP contribution in [0.3, 0.4) is 0 Å². The number of imidazole rings is 1. The molecule has 2 heterocycles. The molecule has 0 amide bonds. The number of aromatic nitrogens is 2. The molecule has 1 aliphatic heterocycles. The Morgan fingerprint density at radius 1 is 1.15 bits per heavy atom. The Hall–Kier alpha value is -3.35. The molecule has 0 spiro atoms. The number of sulfonamides is 1. The highest BCUT2D eigenvalue weighted by molar-refractivity contribution is 7.89. The molecule has 4 rings (SSSR count). The number of likely N-dealkylation sites (N-methyl/N-ethyl adjacent to an activating group) is 1. The number of anilines is 1. The fraction of sp³-hybridized carbons (Fsp3) is 0.318. The minimum Gasteiger partial charge on any atom is -0.375 e. The Morgan fingerprint density at radius 2 is 1.88 bits per heavy atom. The van der Waals surface area contributed by atoms with Gasteiger partial charge in [-0.1, -0.05) is 6.07 Å². The maximum atomic E-state index is 14.7. The molecule has 1 N–H and O–H groups in total. The Bertz CT molecular complexity index is 1320. The van der Waals surface area contributed by atoms with E-state index in [0.717, 1.165) is 6.07 Å². The van der Waals surface area contributed by atoms with Crippen LogP contribution in [0.25, 0.3) is 5.69 Å². The normalized spacial score (nSPS) is 15.4. The van der Waals surface area contributed by atoms with E-state index >= 15 is 0 Å². The largest absolute Gasteiger partial charge is 0.375 e. The summed E-state index contributed by atoms with van der Waals surface area (Å²) in [5.74, 6) is 0.190. The Morgan fingerprint density at radius 3 is 2.50 bits per heavy atom. The van der Waals surface area contributed by atoms with Crippen LogP contribution in [0.1, 0.15) is 11.4 Å². The van der Waals surface area contributed by atoms with Crippen molar-refractivity contribution >= 4 is 21.4 Å². The zero-order chi connectivity index (χ0) is 24.5. The molecule has 1 aliphatic rings. The summed E-state index contributed by atoms with van der Waals surface area (Å²) in [6.45, 7) is 3.72. The third-order valence-electron chi connectivity index (χ3n) is 5.85. The van der Waals surface area contributed by atoms with Gasteiger partial charge in [-0.25, -0.2) is 17.8 Å². The summed E-state index contributed by atoms with van der Waals surface area (Å²) in [6.07, 6.45) is 3.24. The van der Waals surface area contributed by atoms with Gasteiger partial charge in [0.2, 0.25) is 10.0 Å². The maximum absolute atomic E-state index is 14.7. The first-order valence-electron chi connectivity index (χ1n) is 10.7. The monoisotopic (exact) mass is 488 g/mol. The van der Waals surface area contributed by atoms with E-state index in [9.17, 15) is 22.9 Å². The molecule has 3 aromatic rings. The van der Waals surface area contributed by atoms with Crippen molar-refractivity contribution in [3.63, 3.8) is 0 Å². The van der Waals surface area contributed by atoms with Crippen molar-refractivity contribution in [2.24, 2.45) is 0 Å². The first-order valence-corrected chi connectivity index (χ1v) is 12.1. The predicted octanol–water partition coefficient (Wildman–Crippen LogP) is 2.78. The summed E-state index contributed by atoms with van der Waals surface area (Å²) in [4.78, 5) is 17.0. The number of aryl methyl sites for hydroxylation is 1. The number of nitro groups is 1. The number of piperazine rings is 1. The second-order valence-corrected chi connectivity index (χ2v) is 10.1. The molecular formula is C22H25FN6O4S. The second kappa shape index (κ2) is 9.49.